The van der Waals surface area contributed by atoms with Crippen molar-refractivity contribution in [3.05, 3.63) is 84.1 Å². The quantitative estimate of drug-likeness (QED) is 0.589. The summed E-state index contributed by atoms with van der Waals surface area (Å²) >= 11 is 0. The number of pyridine rings is 1. The first-order valence-electron chi connectivity index (χ1n) is 10.5. The van der Waals surface area contributed by atoms with Gasteiger partial charge in [0.1, 0.15) is 5.75 Å². The SMILES string of the molecule is COc1cccc(CNC(=O)CCCN2C(=O)[C@@H](c3ccccc3)Oc3cccnc32)c1. The van der Waals surface area contributed by atoms with Crippen LogP contribution in [0.4, 0.5) is 5.82 Å². The molecule has 2 aromatic carbocycles. The van der Waals surface area contributed by atoms with Gasteiger partial charge in [-0.05, 0) is 36.2 Å². The maximum atomic E-state index is 13.2. The molecule has 1 N–H and O–H groups in total. The maximum absolute atomic E-state index is 13.2. The number of nitrogens with one attached hydrogen (secondary N) is 1. The fourth-order valence-electron chi connectivity index (χ4n) is 3.62. The number of benzene rings is 2. The van der Waals surface area contributed by atoms with Gasteiger partial charge >= 0.3 is 0 Å². The van der Waals surface area contributed by atoms with E-state index in [2.05, 4.69) is 10.3 Å². The van der Waals surface area contributed by atoms with Crippen LogP contribution in [-0.4, -0.2) is 30.5 Å². The first-order valence-corrected chi connectivity index (χ1v) is 10.5. The minimum absolute atomic E-state index is 0.0746. The zero-order valence-electron chi connectivity index (χ0n) is 17.9. The van der Waals surface area contributed by atoms with Crippen molar-refractivity contribution in [3.8, 4) is 11.5 Å². The molecular formula is C25H25N3O4. The first kappa shape index (κ1) is 21.4. The van der Waals surface area contributed by atoms with E-state index in [0.29, 0.717) is 37.5 Å². The van der Waals surface area contributed by atoms with Gasteiger partial charge in [-0.1, -0.05) is 42.5 Å². The minimum Gasteiger partial charge on any atom is -0.497 e. The number of fused-ring (bicyclic) bond motifs is 1. The Hall–Kier alpha value is -3.87. The Morgan fingerprint density at radius 1 is 1.12 bits per heavy atom. The Morgan fingerprint density at radius 2 is 1.97 bits per heavy atom. The highest BCUT2D eigenvalue weighted by Crippen LogP contribution is 2.37. The third-order valence-corrected chi connectivity index (χ3v) is 5.25. The Balaban J connectivity index is 1.37. The van der Waals surface area contributed by atoms with E-state index < -0.39 is 6.10 Å². The fraction of sp³-hybridized carbons (Fsp3) is 0.240. The number of nitrogens with zero attached hydrogens (tertiary/aromatic N) is 2. The summed E-state index contributed by atoms with van der Waals surface area (Å²) in [6.45, 7) is 0.801. The second-order valence-electron chi connectivity index (χ2n) is 7.46. The molecule has 164 valence electrons. The van der Waals surface area contributed by atoms with E-state index in [9.17, 15) is 9.59 Å². The van der Waals surface area contributed by atoms with Gasteiger partial charge in [0.2, 0.25) is 12.0 Å². The van der Waals surface area contributed by atoms with Gasteiger partial charge in [-0.25, -0.2) is 4.98 Å². The predicted molar refractivity (Wildman–Crippen MR) is 120 cm³/mol. The molecule has 7 heteroatoms. The molecule has 0 saturated heterocycles. The lowest BCUT2D eigenvalue weighted by Crippen LogP contribution is -2.42. The summed E-state index contributed by atoms with van der Waals surface area (Å²) in [4.78, 5) is 31.5. The van der Waals surface area contributed by atoms with Crippen molar-refractivity contribution in [3.63, 3.8) is 0 Å². The minimum atomic E-state index is -0.727. The molecule has 4 rings (SSSR count). The molecule has 0 fully saturated rings. The molecule has 1 aliphatic heterocycles. The van der Waals surface area contributed by atoms with Crippen molar-refractivity contribution >= 4 is 17.6 Å². The summed E-state index contributed by atoms with van der Waals surface area (Å²) in [6, 6.07) is 20.5. The summed E-state index contributed by atoms with van der Waals surface area (Å²) in [5.41, 5.74) is 1.75. The highest BCUT2D eigenvalue weighted by atomic mass is 16.5. The highest BCUT2D eigenvalue weighted by Gasteiger charge is 2.36. The lowest BCUT2D eigenvalue weighted by molar-refractivity contribution is -0.127. The van der Waals surface area contributed by atoms with E-state index in [1.165, 1.54) is 0 Å². The van der Waals surface area contributed by atoms with Crippen LogP contribution in [0.5, 0.6) is 11.5 Å². The van der Waals surface area contributed by atoms with Crippen molar-refractivity contribution in [1.29, 1.82) is 0 Å². The van der Waals surface area contributed by atoms with E-state index in [1.54, 1.807) is 30.3 Å². The zero-order chi connectivity index (χ0) is 22.3. The van der Waals surface area contributed by atoms with Crippen LogP contribution >= 0.6 is 0 Å². The van der Waals surface area contributed by atoms with Gasteiger partial charge in [0, 0.05) is 31.3 Å². The maximum Gasteiger partial charge on any atom is 0.274 e. The number of methoxy groups -OCH3 is 1. The van der Waals surface area contributed by atoms with Crippen LogP contribution in [0.2, 0.25) is 0 Å². The molecule has 32 heavy (non-hydrogen) atoms. The standard InChI is InChI=1S/C25H25N3O4/c1-31-20-11-5-8-18(16-20)17-27-22(29)13-7-15-28-24-21(12-6-14-26-24)32-23(25(28)30)19-9-3-2-4-10-19/h2-6,8-12,14,16,23H,7,13,15,17H2,1H3,(H,27,29)/t23-/m1/s1. The van der Waals surface area contributed by atoms with E-state index >= 15 is 0 Å². The van der Waals surface area contributed by atoms with Gasteiger partial charge in [-0.2, -0.15) is 0 Å². The topological polar surface area (TPSA) is 80.8 Å². The number of amides is 2. The van der Waals surface area contributed by atoms with E-state index in [0.717, 1.165) is 16.9 Å². The molecule has 0 radical (unpaired) electrons. The highest BCUT2D eigenvalue weighted by molar-refractivity contribution is 5.99. The first-order chi connectivity index (χ1) is 15.7. The molecule has 7 nitrogen and oxygen atoms in total. The van der Waals surface area contributed by atoms with Crippen molar-refractivity contribution < 1.29 is 19.1 Å². The Bertz CT molecular complexity index is 1090. The monoisotopic (exact) mass is 431 g/mol. The van der Waals surface area contributed by atoms with Gasteiger partial charge in [0.05, 0.1) is 7.11 Å². The smallest absolute Gasteiger partial charge is 0.274 e. The number of anilines is 1. The second kappa shape index (κ2) is 9.96. The average Bonchev–Trinajstić information content (AvgIpc) is 2.84. The normalized spacial score (nSPS) is 15.0. The molecule has 0 spiro atoms. The summed E-state index contributed by atoms with van der Waals surface area (Å²) < 4.78 is 11.2. The summed E-state index contributed by atoms with van der Waals surface area (Å²) in [7, 11) is 1.61. The number of carbonyl (C=O) groups excluding carboxylic acids is 2. The van der Waals surface area contributed by atoms with Crippen molar-refractivity contribution in [2.75, 3.05) is 18.6 Å². The van der Waals surface area contributed by atoms with Gasteiger partial charge < -0.3 is 14.8 Å². The fourth-order valence-corrected chi connectivity index (χ4v) is 3.62. The van der Waals surface area contributed by atoms with Gasteiger partial charge in [-0.15, -0.1) is 0 Å². The van der Waals surface area contributed by atoms with Crippen LogP contribution in [0.15, 0.2) is 72.9 Å². The van der Waals surface area contributed by atoms with Gasteiger partial charge in [-0.3, -0.25) is 14.5 Å². The zero-order valence-corrected chi connectivity index (χ0v) is 17.9. The summed E-state index contributed by atoms with van der Waals surface area (Å²) in [6.07, 6.45) is 1.71. The lowest BCUT2D eigenvalue weighted by Gasteiger charge is -2.33. The number of hydrogen-bond acceptors (Lipinski definition) is 5. The predicted octanol–water partition coefficient (Wildman–Crippen LogP) is 3.65. The largest absolute Gasteiger partial charge is 0.497 e. The molecule has 1 aromatic heterocycles. The van der Waals surface area contributed by atoms with E-state index in [-0.39, 0.29) is 11.8 Å². The van der Waals surface area contributed by atoms with Gasteiger partial charge in [0.15, 0.2) is 11.6 Å². The summed E-state index contributed by atoms with van der Waals surface area (Å²) in [5, 5.41) is 2.91. The number of aromatic nitrogens is 1. The molecule has 3 aromatic rings. The molecule has 2 amide bonds. The van der Waals surface area contributed by atoms with Crippen LogP contribution in [0.25, 0.3) is 0 Å². The third-order valence-electron chi connectivity index (χ3n) is 5.25. The second-order valence-corrected chi connectivity index (χ2v) is 7.46. The van der Waals surface area contributed by atoms with Crippen LogP contribution in [0, 0.1) is 0 Å². The van der Waals surface area contributed by atoms with Crippen LogP contribution in [0.3, 0.4) is 0 Å². The number of carbonyl (C=O) groups is 2. The third kappa shape index (κ3) is 4.88. The van der Waals surface area contributed by atoms with E-state index in [1.807, 2.05) is 54.6 Å². The number of hydrogen-bond donors (Lipinski definition) is 1. The average molecular weight is 431 g/mol. The molecule has 0 unspecified atom stereocenters. The number of ether oxygens (including phenoxy) is 2. The Kier molecular flexibility index (Phi) is 6.65. The lowest BCUT2D eigenvalue weighted by atomic mass is 10.1. The van der Waals surface area contributed by atoms with Crippen LogP contribution in [-0.2, 0) is 16.1 Å². The Morgan fingerprint density at radius 3 is 2.78 bits per heavy atom. The summed E-state index contributed by atoms with van der Waals surface area (Å²) in [5.74, 6) is 1.54. The Labute approximate surface area is 187 Å². The van der Waals surface area contributed by atoms with Crippen molar-refractivity contribution in [2.24, 2.45) is 0 Å². The van der Waals surface area contributed by atoms with E-state index in [4.69, 9.17) is 9.47 Å². The van der Waals surface area contributed by atoms with Crippen molar-refractivity contribution in [1.82, 2.24) is 10.3 Å². The van der Waals surface area contributed by atoms with Crippen LogP contribution < -0.4 is 19.7 Å². The molecule has 0 bridgehead atoms. The molecular weight excluding hydrogens is 406 g/mol. The molecule has 0 aliphatic carbocycles. The van der Waals surface area contributed by atoms with Crippen molar-refractivity contribution in [2.45, 2.75) is 25.5 Å². The number of rotatable bonds is 8. The van der Waals surface area contributed by atoms with Crippen LogP contribution in [0.1, 0.15) is 30.1 Å². The van der Waals surface area contributed by atoms with Gasteiger partial charge in [0.25, 0.3) is 5.91 Å². The molecule has 0 saturated carbocycles. The molecule has 2 heterocycles. The molecule has 1 aliphatic rings. The molecule has 1 atom stereocenters.